The number of ether oxygens (including phenoxy) is 1. The van der Waals surface area contributed by atoms with Gasteiger partial charge in [-0.2, -0.15) is 0 Å². The summed E-state index contributed by atoms with van der Waals surface area (Å²) < 4.78 is 5.87. The Labute approximate surface area is 117 Å². The molecule has 0 spiro atoms. The van der Waals surface area contributed by atoms with E-state index < -0.39 is 0 Å². The summed E-state index contributed by atoms with van der Waals surface area (Å²) in [5.74, 6) is 0. The third-order valence-corrected chi connectivity index (χ3v) is 4.20. The van der Waals surface area contributed by atoms with Crippen molar-refractivity contribution in [3.8, 4) is 0 Å². The van der Waals surface area contributed by atoms with Crippen molar-refractivity contribution >= 4 is 0 Å². The monoisotopic (exact) mass is 261 g/mol. The van der Waals surface area contributed by atoms with Crippen LogP contribution in [0.15, 0.2) is 30.3 Å². The third-order valence-electron chi connectivity index (χ3n) is 4.20. The minimum Gasteiger partial charge on any atom is -0.378 e. The fraction of sp³-hybridized carbons (Fsp3) is 0.647. The Kier molecular flexibility index (Phi) is 4.32. The van der Waals surface area contributed by atoms with Gasteiger partial charge in [-0.15, -0.1) is 0 Å². The molecule has 0 radical (unpaired) electrons. The van der Waals surface area contributed by atoms with E-state index in [4.69, 9.17) is 4.74 Å². The van der Waals surface area contributed by atoms with Crippen LogP contribution in [0.3, 0.4) is 0 Å². The molecule has 0 aliphatic carbocycles. The number of hydrogen-bond donors (Lipinski definition) is 1. The molecule has 0 aromatic heterocycles. The van der Waals surface area contributed by atoms with Crippen LogP contribution in [0.2, 0.25) is 0 Å². The van der Waals surface area contributed by atoms with E-state index in [9.17, 15) is 0 Å². The highest BCUT2D eigenvalue weighted by atomic mass is 16.5. The molecule has 1 fully saturated rings. The quantitative estimate of drug-likeness (QED) is 0.897. The van der Waals surface area contributed by atoms with Gasteiger partial charge in [0.05, 0.1) is 6.10 Å². The Balaban J connectivity index is 2.11. The summed E-state index contributed by atoms with van der Waals surface area (Å²) in [6.07, 6.45) is 2.56. The molecule has 2 nitrogen and oxygen atoms in total. The Morgan fingerprint density at radius 3 is 2.47 bits per heavy atom. The minimum atomic E-state index is 0.159. The standard InChI is InChI=1S/C17H27NO/c1-14-17(10-11-19-14,13-18-16(2,3)4)12-15-8-6-5-7-9-15/h5-9,14,18H,10-13H2,1-4H3. The summed E-state index contributed by atoms with van der Waals surface area (Å²) in [5, 5.41) is 3.68. The molecule has 2 heteroatoms. The van der Waals surface area contributed by atoms with Gasteiger partial charge >= 0.3 is 0 Å². The van der Waals surface area contributed by atoms with E-state index >= 15 is 0 Å². The minimum absolute atomic E-state index is 0.159. The molecule has 19 heavy (non-hydrogen) atoms. The van der Waals surface area contributed by atoms with Crippen molar-refractivity contribution in [3.05, 3.63) is 35.9 Å². The van der Waals surface area contributed by atoms with Crippen LogP contribution in [0.4, 0.5) is 0 Å². The van der Waals surface area contributed by atoms with Crippen molar-refractivity contribution < 1.29 is 4.74 Å². The zero-order valence-electron chi connectivity index (χ0n) is 12.7. The zero-order valence-corrected chi connectivity index (χ0v) is 12.7. The SMILES string of the molecule is CC1OCCC1(CNC(C)(C)C)Cc1ccccc1. The first-order valence-corrected chi connectivity index (χ1v) is 7.32. The van der Waals surface area contributed by atoms with Gasteiger partial charge in [0.2, 0.25) is 0 Å². The van der Waals surface area contributed by atoms with E-state index in [0.29, 0.717) is 6.10 Å². The van der Waals surface area contributed by atoms with Gasteiger partial charge < -0.3 is 10.1 Å². The molecule has 0 bridgehead atoms. The number of benzene rings is 1. The van der Waals surface area contributed by atoms with Crippen LogP contribution in [0.25, 0.3) is 0 Å². The Morgan fingerprint density at radius 2 is 1.95 bits per heavy atom. The van der Waals surface area contributed by atoms with Gasteiger partial charge in [-0.3, -0.25) is 0 Å². The predicted molar refractivity (Wildman–Crippen MR) is 80.4 cm³/mol. The second kappa shape index (κ2) is 5.64. The van der Waals surface area contributed by atoms with Gasteiger partial charge in [-0.25, -0.2) is 0 Å². The van der Waals surface area contributed by atoms with Crippen molar-refractivity contribution in [2.45, 2.75) is 52.2 Å². The van der Waals surface area contributed by atoms with E-state index in [1.165, 1.54) is 5.56 Å². The molecule has 0 saturated carbocycles. The predicted octanol–water partition coefficient (Wildman–Crippen LogP) is 3.41. The van der Waals surface area contributed by atoms with Crippen molar-refractivity contribution in [2.24, 2.45) is 5.41 Å². The maximum absolute atomic E-state index is 5.87. The van der Waals surface area contributed by atoms with Gasteiger partial charge in [0.15, 0.2) is 0 Å². The molecule has 2 rings (SSSR count). The molecule has 1 aliphatic heterocycles. The van der Waals surface area contributed by atoms with Gasteiger partial charge in [0.1, 0.15) is 0 Å². The van der Waals surface area contributed by atoms with E-state index in [0.717, 1.165) is 26.0 Å². The molecule has 1 N–H and O–H groups in total. The first-order valence-electron chi connectivity index (χ1n) is 7.32. The summed E-state index contributed by atoms with van der Waals surface area (Å²) in [6, 6.07) is 10.8. The number of nitrogens with one attached hydrogen (secondary N) is 1. The average Bonchev–Trinajstić information content (AvgIpc) is 2.69. The topological polar surface area (TPSA) is 21.3 Å². The summed E-state index contributed by atoms with van der Waals surface area (Å²) in [7, 11) is 0. The fourth-order valence-corrected chi connectivity index (χ4v) is 2.79. The fourth-order valence-electron chi connectivity index (χ4n) is 2.79. The largest absolute Gasteiger partial charge is 0.378 e. The lowest BCUT2D eigenvalue weighted by atomic mass is 9.75. The normalized spacial score (nSPS) is 27.7. The molecule has 2 atom stereocenters. The van der Waals surface area contributed by atoms with Crippen LogP contribution in [0.1, 0.15) is 39.7 Å². The zero-order chi connectivity index (χ0) is 13.9. The van der Waals surface area contributed by atoms with E-state index in [-0.39, 0.29) is 11.0 Å². The highest BCUT2D eigenvalue weighted by molar-refractivity contribution is 5.18. The van der Waals surface area contributed by atoms with E-state index in [1.54, 1.807) is 0 Å². The van der Waals surface area contributed by atoms with Gasteiger partial charge in [0, 0.05) is 24.1 Å². The smallest absolute Gasteiger partial charge is 0.0619 e. The van der Waals surface area contributed by atoms with Crippen LogP contribution < -0.4 is 5.32 Å². The maximum Gasteiger partial charge on any atom is 0.0619 e. The van der Waals surface area contributed by atoms with Crippen molar-refractivity contribution in [1.29, 1.82) is 0 Å². The second-order valence-corrected chi connectivity index (χ2v) is 6.89. The lowest BCUT2D eigenvalue weighted by molar-refractivity contribution is 0.0598. The third kappa shape index (κ3) is 3.80. The Hall–Kier alpha value is -0.860. The van der Waals surface area contributed by atoms with Gasteiger partial charge in [0.25, 0.3) is 0 Å². The van der Waals surface area contributed by atoms with E-state index in [2.05, 4.69) is 63.3 Å². The van der Waals surface area contributed by atoms with Gasteiger partial charge in [-0.1, -0.05) is 30.3 Å². The van der Waals surface area contributed by atoms with Crippen LogP contribution in [0.5, 0.6) is 0 Å². The van der Waals surface area contributed by atoms with Crippen LogP contribution in [-0.4, -0.2) is 24.8 Å². The maximum atomic E-state index is 5.87. The summed E-state index contributed by atoms with van der Waals surface area (Å²) >= 11 is 0. The molecule has 1 saturated heterocycles. The van der Waals surface area contributed by atoms with E-state index in [1.807, 2.05) is 0 Å². The highest BCUT2D eigenvalue weighted by Gasteiger charge is 2.41. The summed E-state index contributed by atoms with van der Waals surface area (Å²) in [5.41, 5.74) is 1.80. The van der Waals surface area contributed by atoms with Crippen molar-refractivity contribution in [1.82, 2.24) is 5.32 Å². The summed E-state index contributed by atoms with van der Waals surface area (Å²) in [6.45, 7) is 10.8. The van der Waals surface area contributed by atoms with Crippen molar-refractivity contribution in [2.75, 3.05) is 13.2 Å². The Morgan fingerprint density at radius 1 is 1.26 bits per heavy atom. The molecule has 1 aromatic rings. The molecular weight excluding hydrogens is 234 g/mol. The molecule has 1 aromatic carbocycles. The molecule has 2 unspecified atom stereocenters. The molecule has 1 aliphatic rings. The molecule has 106 valence electrons. The molecule has 0 amide bonds. The van der Waals surface area contributed by atoms with Crippen LogP contribution >= 0.6 is 0 Å². The second-order valence-electron chi connectivity index (χ2n) is 6.89. The Bertz CT molecular complexity index is 395. The highest BCUT2D eigenvalue weighted by Crippen LogP contribution is 2.38. The van der Waals surface area contributed by atoms with Crippen LogP contribution in [0, 0.1) is 5.41 Å². The first-order chi connectivity index (χ1) is 8.91. The summed E-state index contributed by atoms with van der Waals surface area (Å²) in [4.78, 5) is 0. The lowest BCUT2D eigenvalue weighted by Crippen LogP contribution is -2.47. The van der Waals surface area contributed by atoms with Crippen LogP contribution in [-0.2, 0) is 11.2 Å². The molecule has 1 heterocycles. The lowest BCUT2D eigenvalue weighted by Gasteiger charge is -2.36. The average molecular weight is 261 g/mol. The van der Waals surface area contributed by atoms with Gasteiger partial charge in [-0.05, 0) is 46.1 Å². The molecular formula is C17H27NO. The van der Waals surface area contributed by atoms with Crippen molar-refractivity contribution in [3.63, 3.8) is 0 Å². The number of rotatable bonds is 4. The number of hydrogen-bond acceptors (Lipinski definition) is 2. The first kappa shape index (κ1) is 14.5.